The maximum Gasteiger partial charge on any atom is 0.127 e. The number of hydrogen-bond acceptors (Lipinski definition) is 2. The molecule has 98 valence electrons. The Bertz CT molecular complexity index is 429. The monoisotopic (exact) mass is 245 g/mol. The molecule has 2 heteroatoms. The van der Waals surface area contributed by atoms with E-state index >= 15 is 0 Å². The fourth-order valence-electron chi connectivity index (χ4n) is 3.35. The summed E-state index contributed by atoms with van der Waals surface area (Å²) in [7, 11) is 1.73. The SMILES string of the molecule is CN=Cc1cccc(C2CC(C)CC(C)C2)c1O. The normalized spacial score (nSPS) is 28.7. The largest absolute Gasteiger partial charge is 0.507 e. The van der Waals surface area contributed by atoms with Crippen LogP contribution in [0.3, 0.4) is 0 Å². The second-order valence-corrected chi connectivity index (χ2v) is 5.79. The third-order valence-electron chi connectivity index (χ3n) is 3.98. The van der Waals surface area contributed by atoms with Crippen molar-refractivity contribution < 1.29 is 5.11 Å². The zero-order valence-electron chi connectivity index (χ0n) is 11.6. The zero-order valence-corrected chi connectivity index (χ0v) is 11.6. The molecule has 0 amide bonds. The Balaban J connectivity index is 2.30. The molecule has 1 aromatic carbocycles. The Hall–Kier alpha value is -1.31. The molecule has 1 fully saturated rings. The van der Waals surface area contributed by atoms with Crippen LogP contribution in [0.15, 0.2) is 23.2 Å². The lowest BCUT2D eigenvalue weighted by Crippen LogP contribution is -2.18. The molecule has 2 atom stereocenters. The molecule has 0 heterocycles. The molecule has 0 aliphatic heterocycles. The fourth-order valence-corrected chi connectivity index (χ4v) is 3.35. The van der Waals surface area contributed by atoms with Crippen LogP contribution in [-0.2, 0) is 0 Å². The van der Waals surface area contributed by atoms with Gasteiger partial charge in [0.1, 0.15) is 5.75 Å². The summed E-state index contributed by atoms with van der Waals surface area (Å²) >= 11 is 0. The van der Waals surface area contributed by atoms with Gasteiger partial charge in [0.05, 0.1) is 0 Å². The molecule has 0 radical (unpaired) electrons. The van der Waals surface area contributed by atoms with Gasteiger partial charge in [-0.1, -0.05) is 26.0 Å². The number of aliphatic imine (C=N–C) groups is 1. The lowest BCUT2D eigenvalue weighted by atomic mass is 9.73. The highest BCUT2D eigenvalue weighted by Crippen LogP contribution is 2.42. The van der Waals surface area contributed by atoms with E-state index in [1.54, 1.807) is 13.3 Å². The molecule has 1 aliphatic carbocycles. The predicted molar refractivity (Wildman–Crippen MR) is 76.5 cm³/mol. The summed E-state index contributed by atoms with van der Waals surface area (Å²) in [5.74, 6) is 2.42. The third-order valence-corrected chi connectivity index (χ3v) is 3.98. The average Bonchev–Trinajstić information content (AvgIpc) is 2.31. The molecule has 2 nitrogen and oxygen atoms in total. The average molecular weight is 245 g/mol. The van der Waals surface area contributed by atoms with Crippen LogP contribution in [0.1, 0.15) is 50.2 Å². The second-order valence-electron chi connectivity index (χ2n) is 5.79. The van der Waals surface area contributed by atoms with Gasteiger partial charge < -0.3 is 5.11 Å². The molecular formula is C16H23NO. The minimum absolute atomic E-state index is 0.425. The van der Waals surface area contributed by atoms with E-state index in [1.165, 1.54) is 19.3 Å². The van der Waals surface area contributed by atoms with Gasteiger partial charge in [-0.15, -0.1) is 0 Å². The molecule has 0 aromatic heterocycles. The van der Waals surface area contributed by atoms with Gasteiger partial charge in [-0.3, -0.25) is 4.99 Å². The highest BCUT2D eigenvalue weighted by Gasteiger charge is 2.27. The number of aromatic hydroxyl groups is 1. The van der Waals surface area contributed by atoms with Crippen molar-refractivity contribution in [1.82, 2.24) is 0 Å². The fraction of sp³-hybridized carbons (Fsp3) is 0.562. The zero-order chi connectivity index (χ0) is 13.1. The summed E-state index contributed by atoms with van der Waals surface area (Å²) in [4.78, 5) is 4.00. The van der Waals surface area contributed by atoms with Crippen LogP contribution in [0.4, 0.5) is 0 Å². The minimum atomic E-state index is 0.425. The van der Waals surface area contributed by atoms with Crippen molar-refractivity contribution in [2.24, 2.45) is 16.8 Å². The number of hydrogen-bond donors (Lipinski definition) is 1. The van der Waals surface area contributed by atoms with Gasteiger partial charge in [-0.05, 0) is 48.6 Å². The number of benzene rings is 1. The van der Waals surface area contributed by atoms with Crippen molar-refractivity contribution in [3.05, 3.63) is 29.3 Å². The highest BCUT2D eigenvalue weighted by atomic mass is 16.3. The first kappa shape index (κ1) is 13.1. The first-order chi connectivity index (χ1) is 8.61. The van der Waals surface area contributed by atoms with Crippen LogP contribution in [0, 0.1) is 11.8 Å². The molecule has 18 heavy (non-hydrogen) atoms. The minimum Gasteiger partial charge on any atom is -0.507 e. The quantitative estimate of drug-likeness (QED) is 0.785. The van der Waals surface area contributed by atoms with Crippen LogP contribution >= 0.6 is 0 Å². The summed E-state index contributed by atoms with van der Waals surface area (Å²) in [6.07, 6.45) is 5.41. The lowest BCUT2D eigenvalue weighted by Gasteiger charge is -2.32. The van der Waals surface area contributed by atoms with Gasteiger partial charge in [0, 0.05) is 18.8 Å². The van der Waals surface area contributed by atoms with Gasteiger partial charge in [0.25, 0.3) is 0 Å². The maximum absolute atomic E-state index is 10.4. The van der Waals surface area contributed by atoms with Crippen LogP contribution in [0.5, 0.6) is 5.75 Å². The molecule has 0 bridgehead atoms. The van der Waals surface area contributed by atoms with E-state index in [1.807, 2.05) is 12.1 Å². The Morgan fingerprint density at radius 1 is 1.17 bits per heavy atom. The molecule has 1 aliphatic rings. The highest BCUT2D eigenvalue weighted by molar-refractivity contribution is 5.84. The van der Waals surface area contributed by atoms with Crippen molar-refractivity contribution in [1.29, 1.82) is 0 Å². The van der Waals surface area contributed by atoms with Crippen molar-refractivity contribution in [3.8, 4) is 5.75 Å². The van der Waals surface area contributed by atoms with E-state index in [9.17, 15) is 5.11 Å². The van der Waals surface area contributed by atoms with E-state index in [2.05, 4.69) is 24.9 Å². The summed E-state index contributed by atoms with van der Waals surface area (Å²) in [5, 5.41) is 10.4. The Kier molecular flexibility index (Phi) is 4.05. The molecule has 1 aromatic rings. The number of para-hydroxylation sites is 1. The smallest absolute Gasteiger partial charge is 0.127 e. The van der Waals surface area contributed by atoms with E-state index < -0.39 is 0 Å². The van der Waals surface area contributed by atoms with Gasteiger partial charge in [-0.2, -0.15) is 0 Å². The van der Waals surface area contributed by atoms with E-state index in [-0.39, 0.29) is 0 Å². The Morgan fingerprint density at radius 2 is 1.83 bits per heavy atom. The number of nitrogens with zero attached hydrogens (tertiary/aromatic N) is 1. The number of phenolic OH excluding ortho intramolecular Hbond substituents is 1. The molecular weight excluding hydrogens is 222 g/mol. The predicted octanol–water partition coefficient (Wildman–Crippen LogP) is 3.98. The van der Waals surface area contributed by atoms with Crippen LogP contribution in [0.2, 0.25) is 0 Å². The number of rotatable bonds is 2. The van der Waals surface area contributed by atoms with Crippen LogP contribution in [0.25, 0.3) is 0 Å². The molecule has 2 rings (SSSR count). The lowest BCUT2D eigenvalue weighted by molar-refractivity contribution is 0.265. The molecule has 0 spiro atoms. The van der Waals surface area contributed by atoms with Crippen molar-refractivity contribution in [3.63, 3.8) is 0 Å². The van der Waals surface area contributed by atoms with Crippen molar-refractivity contribution >= 4 is 6.21 Å². The van der Waals surface area contributed by atoms with Crippen molar-refractivity contribution in [2.75, 3.05) is 7.05 Å². The van der Waals surface area contributed by atoms with Gasteiger partial charge in [0.2, 0.25) is 0 Å². The van der Waals surface area contributed by atoms with E-state index in [0.29, 0.717) is 11.7 Å². The summed E-state index contributed by atoms with van der Waals surface area (Å²) in [6.45, 7) is 4.63. The number of phenols is 1. The standard InChI is InChI=1S/C16H23NO/c1-11-7-12(2)9-14(8-11)15-6-4-5-13(10-17-3)16(15)18/h4-6,10-12,14,18H,7-9H2,1-3H3. The topological polar surface area (TPSA) is 32.6 Å². The summed E-state index contributed by atoms with van der Waals surface area (Å²) in [6, 6.07) is 6.01. The van der Waals surface area contributed by atoms with Crippen LogP contribution in [-0.4, -0.2) is 18.4 Å². The molecule has 1 saturated carbocycles. The van der Waals surface area contributed by atoms with E-state index in [0.717, 1.165) is 23.0 Å². The summed E-state index contributed by atoms with van der Waals surface area (Å²) < 4.78 is 0. The van der Waals surface area contributed by atoms with Gasteiger partial charge in [-0.25, -0.2) is 0 Å². The van der Waals surface area contributed by atoms with Crippen molar-refractivity contribution in [2.45, 2.75) is 39.0 Å². The third kappa shape index (κ3) is 2.74. The summed E-state index contributed by atoms with van der Waals surface area (Å²) in [5.41, 5.74) is 1.94. The molecule has 0 saturated heterocycles. The van der Waals surface area contributed by atoms with Crippen LogP contribution < -0.4 is 0 Å². The maximum atomic E-state index is 10.4. The van der Waals surface area contributed by atoms with Gasteiger partial charge >= 0.3 is 0 Å². The first-order valence-corrected chi connectivity index (χ1v) is 6.85. The molecule has 1 N–H and O–H groups in total. The van der Waals surface area contributed by atoms with E-state index in [4.69, 9.17) is 0 Å². The first-order valence-electron chi connectivity index (χ1n) is 6.85. The molecule has 2 unspecified atom stereocenters. The second kappa shape index (κ2) is 5.55. The Labute approximate surface area is 110 Å². The van der Waals surface area contributed by atoms with Gasteiger partial charge in [0.15, 0.2) is 0 Å². The Morgan fingerprint density at radius 3 is 2.44 bits per heavy atom.